The predicted molar refractivity (Wildman–Crippen MR) is 72.0 cm³/mol. The highest BCUT2D eigenvalue weighted by molar-refractivity contribution is 7.80. The fourth-order valence-electron chi connectivity index (χ4n) is 1.90. The SMILES string of the molecule is Nc1ccc(O[C@@H]2[C@@H](O)[C@H](O)[C@@H](CO)O[C@H]2S)cc1. The van der Waals surface area contributed by atoms with Gasteiger partial charge in [-0.1, -0.05) is 0 Å². The average Bonchev–Trinajstić information content (AvgIpc) is 2.41. The van der Waals surface area contributed by atoms with Gasteiger partial charge < -0.3 is 30.5 Å². The summed E-state index contributed by atoms with van der Waals surface area (Å²) in [6, 6.07) is 6.61. The van der Waals surface area contributed by atoms with Gasteiger partial charge in [0.1, 0.15) is 29.5 Å². The van der Waals surface area contributed by atoms with Crippen LogP contribution in [0.2, 0.25) is 0 Å². The van der Waals surface area contributed by atoms with E-state index in [0.29, 0.717) is 11.4 Å². The zero-order chi connectivity index (χ0) is 14.0. The van der Waals surface area contributed by atoms with E-state index >= 15 is 0 Å². The molecule has 1 saturated heterocycles. The third-order valence-electron chi connectivity index (χ3n) is 2.99. The summed E-state index contributed by atoms with van der Waals surface area (Å²) in [6.07, 6.45) is -4.15. The fraction of sp³-hybridized carbons (Fsp3) is 0.500. The number of hydrogen-bond donors (Lipinski definition) is 5. The van der Waals surface area contributed by atoms with Crippen LogP contribution in [0.25, 0.3) is 0 Å². The van der Waals surface area contributed by atoms with Crippen molar-refractivity contribution in [3.63, 3.8) is 0 Å². The number of benzene rings is 1. The smallest absolute Gasteiger partial charge is 0.162 e. The molecular weight excluding hydrogens is 270 g/mol. The van der Waals surface area contributed by atoms with Crippen molar-refractivity contribution >= 4 is 18.3 Å². The van der Waals surface area contributed by atoms with E-state index in [9.17, 15) is 10.2 Å². The van der Waals surface area contributed by atoms with Crippen LogP contribution in [-0.2, 0) is 4.74 Å². The van der Waals surface area contributed by atoms with E-state index in [0.717, 1.165) is 0 Å². The van der Waals surface area contributed by atoms with Crippen LogP contribution < -0.4 is 10.5 Å². The van der Waals surface area contributed by atoms with Gasteiger partial charge in [-0.2, -0.15) is 0 Å². The van der Waals surface area contributed by atoms with E-state index in [2.05, 4.69) is 12.6 Å². The number of thiol groups is 1. The minimum absolute atomic E-state index is 0.399. The largest absolute Gasteiger partial charge is 0.484 e. The van der Waals surface area contributed by atoms with Crippen LogP contribution in [0.5, 0.6) is 5.75 Å². The first-order valence-electron chi connectivity index (χ1n) is 5.85. The van der Waals surface area contributed by atoms with Gasteiger partial charge in [0.05, 0.1) is 6.61 Å². The summed E-state index contributed by atoms with van der Waals surface area (Å²) in [6.45, 7) is -0.399. The Hall–Kier alpha value is -0.990. The number of rotatable bonds is 3. The first-order valence-corrected chi connectivity index (χ1v) is 6.37. The third kappa shape index (κ3) is 3.13. The molecule has 0 saturated carbocycles. The average molecular weight is 287 g/mol. The van der Waals surface area contributed by atoms with Gasteiger partial charge in [0.15, 0.2) is 6.10 Å². The molecular formula is C12H17NO5S. The molecule has 0 amide bonds. The van der Waals surface area contributed by atoms with E-state index in [-0.39, 0.29) is 0 Å². The summed E-state index contributed by atoms with van der Waals surface area (Å²) in [4.78, 5) is 0. The first-order chi connectivity index (χ1) is 9.02. The Morgan fingerprint density at radius 1 is 1.21 bits per heavy atom. The Labute approximate surface area is 116 Å². The fourth-order valence-corrected chi connectivity index (χ4v) is 2.30. The molecule has 1 aliphatic rings. The highest BCUT2D eigenvalue weighted by Crippen LogP contribution is 2.27. The van der Waals surface area contributed by atoms with Crippen molar-refractivity contribution in [2.24, 2.45) is 0 Å². The van der Waals surface area contributed by atoms with Gasteiger partial charge in [0, 0.05) is 5.69 Å². The van der Waals surface area contributed by atoms with E-state index in [1.54, 1.807) is 24.3 Å². The topological polar surface area (TPSA) is 105 Å². The van der Waals surface area contributed by atoms with Crippen molar-refractivity contribution in [1.82, 2.24) is 0 Å². The van der Waals surface area contributed by atoms with Crippen LogP contribution in [0.3, 0.4) is 0 Å². The van der Waals surface area contributed by atoms with Gasteiger partial charge in [-0.15, -0.1) is 12.6 Å². The summed E-state index contributed by atoms with van der Waals surface area (Å²) in [5.74, 6) is 0.482. The quantitative estimate of drug-likeness (QED) is 0.375. The lowest BCUT2D eigenvalue weighted by Crippen LogP contribution is -2.58. The number of nitrogen functional groups attached to an aromatic ring is 1. The highest BCUT2D eigenvalue weighted by atomic mass is 32.1. The number of hydrogen-bond acceptors (Lipinski definition) is 7. The van der Waals surface area contributed by atoms with E-state index in [4.69, 9.17) is 20.3 Å². The van der Waals surface area contributed by atoms with Crippen LogP contribution >= 0.6 is 12.6 Å². The molecule has 0 spiro atoms. The molecule has 0 bridgehead atoms. The molecule has 5 N–H and O–H groups in total. The van der Waals surface area contributed by atoms with Crippen LogP contribution in [0.4, 0.5) is 5.69 Å². The van der Waals surface area contributed by atoms with Gasteiger partial charge in [-0.05, 0) is 24.3 Å². The van der Waals surface area contributed by atoms with E-state index in [1.807, 2.05) is 0 Å². The molecule has 7 heteroatoms. The van der Waals surface area contributed by atoms with Gasteiger partial charge >= 0.3 is 0 Å². The summed E-state index contributed by atoms with van der Waals surface area (Å²) >= 11 is 4.17. The Balaban J connectivity index is 2.09. The molecule has 1 heterocycles. The zero-order valence-corrected chi connectivity index (χ0v) is 11.0. The molecule has 0 aromatic heterocycles. The van der Waals surface area contributed by atoms with Gasteiger partial charge in [0.2, 0.25) is 0 Å². The minimum atomic E-state index is -1.23. The number of ether oxygens (including phenoxy) is 2. The maximum absolute atomic E-state index is 9.99. The first kappa shape index (κ1) is 14.4. The van der Waals surface area contributed by atoms with E-state index < -0.39 is 36.5 Å². The zero-order valence-electron chi connectivity index (χ0n) is 10.1. The van der Waals surface area contributed by atoms with Gasteiger partial charge in [0.25, 0.3) is 0 Å². The number of aliphatic hydroxyl groups is 3. The van der Waals surface area contributed by atoms with Crippen LogP contribution in [0, 0.1) is 0 Å². The maximum atomic E-state index is 9.99. The number of aliphatic hydroxyl groups excluding tert-OH is 3. The molecule has 1 aromatic carbocycles. The van der Waals surface area contributed by atoms with Crippen molar-refractivity contribution < 1.29 is 24.8 Å². The lowest BCUT2D eigenvalue weighted by molar-refractivity contribution is -0.198. The van der Waals surface area contributed by atoms with Crippen LogP contribution in [-0.4, -0.2) is 51.8 Å². The molecule has 106 valence electrons. The Kier molecular flexibility index (Phi) is 4.54. The molecule has 19 heavy (non-hydrogen) atoms. The lowest BCUT2D eigenvalue weighted by atomic mass is 10.00. The molecule has 6 nitrogen and oxygen atoms in total. The van der Waals surface area contributed by atoms with E-state index in [1.165, 1.54) is 0 Å². The highest BCUT2D eigenvalue weighted by Gasteiger charge is 2.44. The molecule has 5 atom stereocenters. The third-order valence-corrected chi connectivity index (χ3v) is 3.41. The Morgan fingerprint density at radius 2 is 1.84 bits per heavy atom. The maximum Gasteiger partial charge on any atom is 0.162 e. The molecule has 1 aromatic rings. The summed E-state index contributed by atoms with van der Waals surface area (Å²) in [7, 11) is 0. The Morgan fingerprint density at radius 3 is 2.42 bits per heavy atom. The van der Waals surface area contributed by atoms with Crippen molar-refractivity contribution in [2.45, 2.75) is 29.9 Å². The second-order valence-corrected chi connectivity index (χ2v) is 4.89. The lowest BCUT2D eigenvalue weighted by Gasteiger charge is -2.40. The monoisotopic (exact) mass is 287 g/mol. The normalized spacial score (nSPS) is 35.1. The van der Waals surface area contributed by atoms with Crippen molar-refractivity contribution in [3.8, 4) is 5.75 Å². The standard InChI is InChI=1S/C12H17NO5S/c13-6-1-3-7(4-2-6)17-11-10(16)9(15)8(5-14)18-12(11)19/h1-4,8-12,14-16,19H,5,13H2/t8-,9-,10+,11-,12+/m1/s1. The molecule has 0 unspecified atom stereocenters. The molecule has 0 aliphatic carbocycles. The van der Waals surface area contributed by atoms with Crippen molar-refractivity contribution in [2.75, 3.05) is 12.3 Å². The van der Waals surface area contributed by atoms with Gasteiger partial charge in [-0.25, -0.2) is 0 Å². The van der Waals surface area contributed by atoms with Crippen LogP contribution in [0.15, 0.2) is 24.3 Å². The predicted octanol–water partition coefficient (Wildman–Crippen LogP) is -0.615. The summed E-state index contributed by atoms with van der Waals surface area (Å²) in [5, 5.41) is 28.8. The Bertz CT molecular complexity index is 415. The molecule has 2 rings (SSSR count). The van der Waals surface area contributed by atoms with Gasteiger partial charge in [-0.3, -0.25) is 0 Å². The molecule has 0 radical (unpaired) electrons. The molecule has 1 fully saturated rings. The minimum Gasteiger partial charge on any atom is -0.484 e. The molecule has 1 aliphatic heterocycles. The number of anilines is 1. The number of nitrogens with two attached hydrogens (primary N) is 1. The summed E-state index contributed by atoms with van der Waals surface area (Å²) < 4.78 is 10.8. The van der Waals surface area contributed by atoms with Crippen molar-refractivity contribution in [3.05, 3.63) is 24.3 Å². The second kappa shape index (κ2) is 5.98. The van der Waals surface area contributed by atoms with Crippen LogP contribution in [0.1, 0.15) is 0 Å². The second-order valence-electron chi connectivity index (χ2n) is 4.38. The van der Waals surface area contributed by atoms with Crippen molar-refractivity contribution in [1.29, 1.82) is 0 Å². The summed E-state index contributed by atoms with van der Waals surface area (Å²) in [5.41, 5.74) is 5.40.